The molecule has 0 N–H and O–H groups in total. The molecule has 5 heteroatoms. The standard InChI is InChI=1S/C24H21NO4/c26-20(29-15-6-5-13-3-1-2-4-14(13)11-15)9-10-25-23(27)21-16-7-8-17(19-12-18(16)19)22(21)24(25)28/h1-8,11,16-19,21-22H,9-10,12H2/t16-,17-,18-,19-,21-,22+/m0/s1. The molecule has 5 nitrogen and oxygen atoms in total. The number of benzene rings is 2. The molecule has 146 valence electrons. The van der Waals surface area contributed by atoms with Crippen LogP contribution in [0.15, 0.2) is 54.6 Å². The average Bonchev–Trinajstić information content (AvgIpc) is 3.51. The van der Waals surface area contributed by atoms with E-state index in [1.54, 1.807) is 6.07 Å². The van der Waals surface area contributed by atoms with Gasteiger partial charge in [-0.1, -0.05) is 42.5 Å². The van der Waals surface area contributed by atoms with Crippen molar-refractivity contribution >= 4 is 28.6 Å². The third-order valence-electron chi connectivity index (χ3n) is 7.25. The average molecular weight is 387 g/mol. The van der Waals surface area contributed by atoms with E-state index < -0.39 is 5.97 Å². The summed E-state index contributed by atoms with van der Waals surface area (Å²) in [6.45, 7) is 0.103. The molecular weight excluding hydrogens is 366 g/mol. The highest BCUT2D eigenvalue weighted by atomic mass is 16.5. The monoisotopic (exact) mass is 387 g/mol. The van der Waals surface area contributed by atoms with Gasteiger partial charge >= 0.3 is 5.97 Å². The Labute approximate surface area is 168 Å². The summed E-state index contributed by atoms with van der Waals surface area (Å²) in [6, 6.07) is 13.3. The highest BCUT2D eigenvalue weighted by Crippen LogP contribution is 2.65. The lowest BCUT2D eigenvalue weighted by Gasteiger charge is -2.37. The summed E-state index contributed by atoms with van der Waals surface area (Å²) < 4.78 is 5.45. The second-order valence-corrected chi connectivity index (χ2v) is 8.72. The van der Waals surface area contributed by atoms with Crippen molar-refractivity contribution < 1.29 is 19.1 Å². The fraction of sp³-hybridized carbons (Fsp3) is 0.375. The Hall–Kier alpha value is -2.95. The molecule has 5 aliphatic rings. The molecule has 2 bridgehead atoms. The van der Waals surface area contributed by atoms with Gasteiger partial charge in [-0.2, -0.15) is 0 Å². The van der Waals surface area contributed by atoms with Crippen molar-refractivity contribution in [2.24, 2.45) is 35.5 Å². The molecule has 2 aromatic carbocycles. The normalized spacial score (nSPS) is 33.7. The van der Waals surface area contributed by atoms with E-state index in [2.05, 4.69) is 12.2 Å². The topological polar surface area (TPSA) is 63.7 Å². The van der Waals surface area contributed by atoms with Crippen molar-refractivity contribution in [3.8, 4) is 5.75 Å². The van der Waals surface area contributed by atoms with E-state index in [1.165, 1.54) is 4.90 Å². The number of hydrogen-bond donors (Lipinski definition) is 0. The van der Waals surface area contributed by atoms with Crippen LogP contribution in [0.3, 0.4) is 0 Å². The first kappa shape index (κ1) is 17.0. The van der Waals surface area contributed by atoms with Crippen LogP contribution in [-0.4, -0.2) is 29.2 Å². The third kappa shape index (κ3) is 2.49. The molecule has 7 rings (SSSR count). The van der Waals surface area contributed by atoms with E-state index in [0.29, 0.717) is 17.6 Å². The Morgan fingerprint density at radius 2 is 1.59 bits per heavy atom. The van der Waals surface area contributed by atoms with Crippen LogP contribution in [0.5, 0.6) is 5.75 Å². The van der Waals surface area contributed by atoms with E-state index in [-0.39, 0.29) is 48.5 Å². The number of nitrogens with zero attached hydrogens (tertiary/aromatic N) is 1. The number of amides is 2. The SMILES string of the molecule is O=C(CCN1C(=O)[C@@H]2[C@H]3C=C[C@@H]([C@@H]4C[C@@H]34)[C@@H]2C1=O)Oc1ccc2ccccc2c1. The first-order chi connectivity index (χ1) is 14.1. The van der Waals surface area contributed by atoms with Gasteiger partial charge in [0.15, 0.2) is 0 Å². The van der Waals surface area contributed by atoms with Gasteiger partial charge in [-0.25, -0.2) is 0 Å². The van der Waals surface area contributed by atoms with Crippen LogP contribution in [0.2, 0.25) is 0 Å². The minimum absolute atomic E-state index is 0.0133. The summed E-state index contributed by atoms with van der Waals surface area (Å²) in [5.74, 6) is 1.02. The van der Waals surface area contributed by atoms with E-state index in [0.717, 1.165) is 17.2 Å². The summed E-state index contributed by atoms with van der Waals surface area (Å²) in [5, 5.41) is 2.07. The minimum Gasteiger partial charge on any atom is -0.426 e. The molecule has 3 fully saturated rings. The van der Waals surface area contributed by atoms with Crippen LogP contribution in [-0.2, 0) is 14.4 Å². The summed E-state index contributed by atoms with van der Waals surface area (Å²) in [5.41, 5.74) is 0. The maximum atomic E-state index is 12.9. The first-order valence-corrected chi connectivity index (χ1v) is 10.3. The molecule has 4 aliphatic carbocycles. The molecule has 1 aliphatic heterocycles. The van der Waals surface area contributed by atoms with Crippen LogP contribution in [0.1, 0.15) is 12.8 Å². The van der Waals surface area contributed by atoms with Gasteiger partial charge in [0.1, 0.15) is 5.75 Å². The largest absolute Gasteiger partial charge is 0.426 e. The van der Waals surface area contributed by atoms with Gasteiger partial charge in [-0.15, -0.1) is 0 Å². The van der Waals surface area contributed by atoms with E-state index in [1.807, 2.05) is 36.4 Å². The van der Waals surface area contributed by atoms with Gasteiger partial charge in [-0.05, 0) is 53.0 Å². The third-order valence-corrected chi connectivity index (χ3v) is 7.25. The molecule has 2 aromatic rings. The number of imide groups is 1. The number of hydrogen-bond acceptors (Lipinski definition) is 4. The fourth-order valence-corrected chi connectivity index (χ4v) is 5.86. The van der Waals surface area contributed by atoms with Gasteiger partial charge in [0.25, 0.3) is 0 Å². The number of rotatable bonds is 4. The zero-order valence-corrected chi connectivity index (χ0v) is 15.9. The maximum absolute atomic E-state index is 12.9. The minimum atomic E-state index is -0.431. The summed E-state index contributed by atoms with van der Waals surface area (Å²) >= 11 is 0. The quantitative estimate of drug-likeness (QED) is 0.350. The molecule has 0 radical (unpaired) electrons. The molecule has 0 aromatic heterocycles. The van der Waals surface area contributed by atoms with Gasteiger partial charge in [0.05, 0.1) is 18.3 Å². The summed E-state index contributed by atoms with van der Waals surface area (Å²) in [6.07, 6.45) is 5.47. The molecule has 6 atom stereocenters. The zero-order chi connectivity index (χ0) is 19.7. The lowest BCUT2D eigenvalue weighted by Crippen LogP contribution is -2.40. The maximum Gasteiger partial charge on any atom is 0.312 e. The van der Waals surface area contributed by atoms with E-state index >= 15 is 0 Å². The van der Waals surface area contributed by atoms with Crippen LogP contribution in [0, 0.1) is 35.5 Å². The van der Waals surface area contributed by atoms with Crippen LogP contribution in [0.4, 0.5) is 0 Å². The summed E-state index contributed by atoms with van der Waals surface area (Å²) in [4.78, 5) is 39.5. The van der Waals surface area contributed by atoms with E-state index in [4.69, 9.17) is 4.74 Å². The smallest absolute Gasteiger partial charge is 0.312 e. The molecular formula is C24H21NO4. The Morgan fingerprint density at radius 1 is 0.931 bits per heavy atom. The van der Waals surface area contributed by atoms with Crippen LogP contribution >= 0.6 is 0 Å². The van der Waals surface area contributed by atoms with E-state index in [9.17, 15) is 14.4 Å². The van der Waals surface area contributed by atoms with Gasteiger partial charge < -0.3 is 4.74 Å². The number of carbonyl (C=O) groups excluding carboxylic acids is 3. The van der Waals surface area contributed by atoms with Crippen molar-refractivity contribution in [1.82, 2.24) is 4.90 Å². The summed E-state index contributed by atoms with van der Waals surface area (Å²) in [7, 11) is 0. The lowest BCUT2D eigenvalue weighted by atomic mass is 9.63. The number of carbonyl (C=O) groups is 3. The van der Waals surface area contributed by atoms with Crippen molar-refractivity contribution in [3.05, 3.63) is 54.6 Å². The zero-order valence-electron chi connectivity index (χ0n) is 15.9. The Morgan fingerprint density at radius 3 is 2.28 bits per heavy atom. The molecule has 0 unspecified atom stereocenters. The fourth-order valence-electron chi connectivity index (χ4n) is 5.86. The highest BCUT2D eigenvalue weighted by molar-refractivity contribution is 6.06. The predicted octanol–water partition coefficient (Wildman–Crippen LogP) is 3.19. The molecule has 29 heavy (non-hydrogen) atoms. The highest BCUT2D eigenvalue weighted by Gasteiger charge is 2.66. The van der Waals surface area contributed by atoms with Crippen molar-refractivity contribution in [3.63, 3.8) is 0 Å². The Kier molecular flexibility index (Phi) is 3.52. The number of allylic oxidation sites excluding steroid dienone is 2. The predicted molar refractivity (Wildman–Crippen MR) is 106 cm³/mol. The number of likely N-dealkylation sites (tertiary alicyclic amines) is 1. The lowest BCUT2D eigenvalue weighted by molar-refractivity contribution is -0.141. The Balaban J connectivity index is 1.13. The van der Waals surface area contributed by atoms with Crippen molar-refractivity contribution in [1.29, 1.82) is 0 Å². The second kappa shape index (κ2) is 6.02. The molecule has 2 saturated carbocycles. The molecule has 1 heterocycles. The van der Waals surface area contributed by atoms with Crippen molar-refractivity contribution in [2.75, 3.05) is 6.54 Å². The second-order valence-electron chi connectivity index (χ2n) is 8.72. The number of ether oxygens (including phenoxy) is 1. The molecule has 1 saturated heterocycles. The van der Waals surface area contributed by atoms with Crippen molar-refractivity contribution in [2.45, 2.75) is 12.8 Å². The Bertz CT molecular complexity index is 1050. The first-order valence-electron chi connectivity index (χ1n) is 10.3. The number of fused-ring (bicyclic) bond motifs is 1. The van der Waals surface area contributed by atoms with Crippen LogP contribution < -0.4 is 4.74 Å². The van der Waals surface area contributed by atoms with Gasteiger partial charge in [-0.3, -0.25) is 19.3 Å². The van der Waals surface area contributed by atoms with Gasteiger partial charge in [0.2, 0.25) is 11.8 Å². The number of esters is 1. The van der Waals surface area contributed by atoms with Gasteiger partial charge in [0, 0.05) is 6.54 Å². The molecule has 0 spiro atoms. The molecule has 2 amide bonds. The van der Waals surface area contributed by atoms with Crippen LogP contribution in [0.25, 0.3) is 10.8 Å².